The summed E-state index contributed by atoms with van der Waals surface area (Å²) in [6.07, 6.45) is 0. The Bertz CT molecular complexity index is 784. The number of benzene rings is 1. The van der Waals surface area contributed by atoms with E-state index in [9.17, 15) is 0 Å². The maximum atomic E-state index is 6.21. The van der Waals surface area contributed by atoms with Crippen molar-refractivity contribution >= 4 is 69.1 Å². The molecule has 0 bridgehead atoms. The van der Waals surface area contributed by atoms with Crippen molar-refractivity contribution in [1.82, 2.24) is 18.7 Å². The smallest absolute Gasteiger partial charge is 0.224 e. The highest BCUT2D eigenvalue weighted by Gasteiger charge is 2.15. The van der Waals surface area contributed by atoms with E-state index in [4.69, 9.17) is 34.8 Å². The third kappa shape index (κ3) is 2.52. The van der Waals surface area contributed by atoms with Crippen molar-refractivity contribution in [2.75, 3.05) is 5.32 Å². The predicted octanol–water partition coefficient (Wildman–Crippen LogP) is 4.49. The summed E-state index contributed by atoms with van der Waals surface area (Å²) in [5.41, 5.74) is 2.53. The van der Waals surface area contributed by atoms with Crippen LogP contribution in [0.2, 0.25) is 15.3 Å². The van der Waals surface area contributed by atoms with Crippen molar-refractivity contribution in [2.45, 2.75) is 6.92 Å². The molecule has 5 nitrogen and oxygen atoms in total. The van der Waals surface area contributed by atoms with Gasteiger partial charge in [-0.05, 0) is 24.6 Å². The number of rotatable bonds is 2. The van der Waals surface area contributed by atoms with Gasteiger partial charge in [0.05, 0.1) is 27.5 Å². The fraction of sp³-hybridized carbons (Fsp3) is 0.0909. The Morgan fingerprint density at radius 3 is 2.50 bits per heavy atom. The molecule has 0 radical (unpaired) electrons. The summed E-state index contributed by atoms with van der Waals surface area (Å²) in [6.45, 7) is 1.82. The van der Waals surface area contributed by atoms with Gasteiger partial charge in [0.1, 0.15) is 16.9 Å². The van der Waals surface area contributed by atoms with Gasteiger partial charge in [0, 0.05) is 11.8 Å². The first-order chi connectivity index (χ1) is 9.54. The summed E-state index contributed by atoms with van der Waals surface area (Å²) in [7, 11) is 0. The van der Waals surface area contributed by atoms with Crippen LogP contribution in [0.4, 0.5) is 11.5 Å². The molecule has 20 heavy (non-hydrogen) atoms. The van der Waals surface area contributed by atoms with E-state index in [1.807, 2.05) is 6.92 Å². The molecule has 1 aromatic carbocycles. The van der Waals surface area contributed by atoms with Gasteiger partial charge in [-0.1, -0.05) is 23.2 Å². The minimum absolute atomic E-state index is 0.158. The van der Waals surface area contributed by atoms with Gasteiger partial charge in [-0.2, -0.15) is 8.75 Å². The van der Waals surface area contributed by atoms with Crippen LogP contribution in [0, 0.1) is 6.92 Å². The Morgan fingerprint density at radius 1 is 1.00 bits per heavy atom. The lowest BCUT2D eigenvalue weighted by Crippen LogP contribution is -1.98. The van der Waals surface area contributed by atoms with Crippen LogP contribution in [0.25, 0.3) is 11.0 Å². The molecule has 0 amide bonds. The molecular formula is C11H6Cl3N5S. The van der Waals surface area contributed by atoms with E-state index in [1.54, 1.807) is 12.1 Å². The zero-order chi connectivity index (χ0) is 14.3. The molecule has 0 fully saturated rings. The molecule has 1 N–H and O–H groups in total. The Balaban J connectivity index is 2.13. The molecular weight excluding hydrogens is 341 g/mol. The highest BCUT2D eigenvalue weighted by Crippen LogP contribution is 2.36. The summed E-state index contributed by atoms with van der Waals surface area (Å²) in [5, 5.41) is 4.14. The Labute approximate surface area is 133 Å². The molecule has 0 saturated carbocycles. The van der Waals surface area contributed by atoms with E-state index >= 15 is 0 Å². The predicted molar refractivity (Wildman–Crippen MR) is 82.5 cm³/mol. The molecule has 0 aliphatic rings. The summed E-state index contributed by atoms with van der Waals surface area (Å²) in [5.74, 6) is 0.529. The Morgan fingerprint density at radius 2 is 1.75 bits per heavy atom. The molecule has 0 atom stereocenters. The van der Waals surface area contributed by atoms with Crippen LogP contribution >= 0.6 is 46.5 Å². The second kappa shape index (κ2) is 5.29. The second-order valence-corrected chi connectivity index (χ2v) is 5.65. The van der Waals surface area contributed by atoms with Gasteiger partial charge in [0.2, 0.25) is 5.28 Å². The third-order valence-electron chi connectivity index (χ3n) is 2.52. The van der Waals surface area contributed by atoms with Crippen molar-refractivity contribution in [3.63, 3.8) is 0 Å². The maximum Gasteiger partial charge on any atom is 0.224 e. The fourth-order valence-electron chi connectivity index (χ4n) is 1.72. The number of hydrogen-bond acceptors (Lipinski definition) is 6. The average Bonchev–Trinajstić information content (AvgIpc) is 2.82. The number of fused-ring (bicyclic) bond motifs is 1. The number of nitrogens with one attached hydrogen (secondary N) is 1. The third-order valence-corrected chi connectivity index (χ3v) is 3.81. The first-order valence-corrected chi connectivity index (χ1v) is 7.29. The highest BCUT2D eigenvalue weighted by molar-refractivity contribution is 7.00. The lowest BCUT2D eigenvalue weighted by Gasteiger charge is -2.09. The summed E-state index contributed by atoms with van der Waals surface area (Å²) in [6, 6.07) is 3.37. The van der Waals surface area contributed by atoms with Gasteiger partial charge in [-0.25, -0.2) is 9.97 Å². The minimum Gasteiger partial charge on any atom is -0.337 e. The van der Waals surface area contributed by atoms with Gasteiger partial charge in [-0.15, -0.1) is 0 Å². The van der Waals surface area contributed by atoms with Crippen LogP contribution in [-0.2, 0) is 0 Å². The van der Waals surface area contributed by atoms with Crippen LogP contribution < -0.4 is 5.32 Å². The first kappa shape index (κ1) is 13.8. The number of aryl methyl sites for hydroxylation is 1. The fourth-order valence-corrected chi connectivity index (χ4v) is 3.10. The van der Waals surface area contributed by atoms with E-state index in [2.05, 4.69) is 24.0 Å². The molecule has 2 heterocycles. The molecule has 3 aromatic rings. The van der Waals surface area contributed by atoms with Crippen LogP contribution in [0.15, 0.2) is 12.1 Å². The lowest BCUT2D eigenvalue weighted by molar-refractivity contribution is 1.10. The normalized spacial score (nSPS) is 11.0. The summed E-state index contributed by atoms with van der Waals surface area (Å²) < 4.78 is 8.34. The molecule has 2 aromatic heterocycles. The monoisotopic (exact) mass is 345 g/mol. The topological polar surface area (TPSA) is 63.6 Å². The lowest BCUT2D eigenvalue weighted by atomic mass is 10.2. The molecule has 102 valence electrons. The average molecular weight is 347 g/mol. The van der Waals surface area contributed by atoms with E-state index in [0.717, 1.165) is 17.4 Å². The molecule has 0 aliphatic carbocycles. The quantitative estimate of drug-likeness (QED) is 0.692. The largest absolute Gasteiger partial charge is 0.337 e. The molecule has 0 saturated heterocycles. The number of anilines is 2. The van der Waals surface area contributed by atoms with Gasteiger partial charge in [0.25, 0.3) is 0 Å². The van der Waals surface area contributed by atoms with E-state index < -0.39 is 0 Å². The van der Waals surface area contributed by atoms with Crippen LogP contribution in [-0.4, -0.2) is 18.7 Å². The molecule has 9 heteroatoms. The van der Waals surface area contributed by atoms with Crippen molar-refractivity contribution in [1.29, 1.82) is 0 Å². The van der Waals surface area contributed by atoms with Crippen LogP contribution in [0.3, 0.4) is 0 Å². The number of hydrogen-bond donors (Lipinski definition) is 1. The van der Waals surface area contributed by atoms with E-state index in [1.165, 1.54) is 0 Å². The first-order valence-electron chi connectivity index (χ1n) is 5.43. The number of halogens is 3. The van der Waals surface area contributed by atoms with Gasteiger partial charge in [0.15, 0.2) is 0 Å². The van der Waals surface area contributed by atoms with E-state index in [0.29, 0.717) is 32.6 Å². The summed E-state index contributed by atoms with van der Waals surface area (Å²) >= 11 is 19.2. The maximum absolute atomic E-state index is 6.21. The standard InChI is InChI=1S/C11H6Cl3N5S/c1-4-2-7(17-11(14)15-4)16-8-5(12)3-6(13)9-10(8)19-20-18-9/h2-3H,1H3,(H,15,16,17). The number of aromatic nitrogens is 4. The van der Waals surface area contributed by atoms with Crippen molar-refractivity contribution in [2.24, 2.45) is 0 Å². The summed E-state index contributed by atoms with van der Waals surface area (Å²) in [4.78, 5) is 8.09. The zero-order valence-corrected chi connectivity index (χ0v) is 13.1. The van der Waals surface area contributed by atoms with Crippen molar-refractivity contribution in [3.05, 3.63) is 33.2 Å². The van der Waals surface area contributed by atoms with Crippen LogP contribution in [0.5, 0.6) is 0 Å². The number of nitrogens with zero attached hydrogens (tertiary/aromatic N) is 4. The van der Waals surface area contributed by atoms with Gasteiger partial charge < -0.3 is 5.32 Å². The SMILES string of the molecule is Cc1cc(Nc2c(Cl)cc(Cl)c3nsnc23)nc(Cl)n1. The van der Waals surface area contributed by atoms with Crippen molar-refractivity contribution < 1.29 is 0 Å². The van der Waals surface area contributed by atoms with Crippen molar-refractivity contribution in [3.8, 4) is 0 Å². The second-order valence-electron chi connectivity index (χ2n) is 3.97. The van der Waals surface area contributed by atoms with Gasteiger partial charge in [-0.3, -0.25) is 0 Å². The molecule has 3 rings (SSSR count). The zero-order valence-electron chi connectivity index (χ0n) is 9.99. The van der Waals surface area contributed by atoms with Gasteiger partial charge >= 0.3 is 0 Å². The molecule has 0 spiro atoms. The Kier molecular flexibility index (Phi) is 3.64. The highest BCUT2D eigenvalue weighted by atomic mass is 35.5. The van der Waals surface area contributed by atoms with E-state index in [-0.39, 0.29) is 5.28 Å². The van der Waals surface area contributed by atoms with Crippen LogP contribution in [0.1, 0.15) is 5.69 Å². The minimum atomic E-state index is 0.158. The molecule has 0 unspecified atom stereocenters. The Hall–Kier alpha value is -1.21. The molecule has 0 aliphatic heterocycles.